The largest absolute Gasteiger partial charge is 0.481 e. The van der Waals surface area contributed by atoms with Crippen LogP contribution >= 0.6 is 0 Å². The van der Waals surface area contributed by atoms with Gasteiger partial charge in [-0.25, -0.2) is 4.79 Å². The molecule has 21 heavy (non-hydrogen) atoms. The van der Waals surface area contributed by atoms with E-state index in [0.29, 0.717) is 32.1 Å². The van der Waals surface area contributed by atoms with Crippen LogP contribution in [0.1, 0.15) is 39.5 Å². The molecular formula is C15H27N3O3. The molecule has 120 valence electrons. The average molecular weight is 297 g/mol. The van der Waals surface area contributed by atoms with Crippen molar-refractivity contribution in [3.05, 3.63) is 0 Å². The van der Waals surface area contributed by atoms with Crippen molar-refractivity contribution in [1.29, 1.82) is 0 Å². The molecule has 6 heteroatoms. The van der Waals surface area contributed by atoms with Crippen molar-refractivity contribution in [3.63, 3.8) is 0 Å². The van der Waals surface area contributed by atoms with E-state index in [1.165, 1.54) is 12.8 Å². The Morgan fingerprint density at radius 1 is 1.43 bits per heavy atom. The van der Waals surface area contributed by atoms with E-state index in [-0.39, 0.29) is 6.03 Å². The van der Waals surface area contributed by atoms with Crippen LogP contribution in [-0.2, 0) is 4.79 Å². The summed E-state index contributed by atoms with van der Waals surface area (Å²) >= 11 is 0. The highest BCUT2D eigenvalue weighted by Gasteiger charge is 2.39. The Labute approximate surface area is 126 Å². The molecule has 0 bridgehead atoms. The Balaban J connectivity index is 1.76. The SMILES string of the molecule is CCN(CCNC(=O)N1CCCC(C)(C(=O)O)C1)C1CC1. The van der Waals surface area contributed by atoms with Crippen LogP contribution in [0, 0.1) is 5.41 Å². The summed E-state index contributed by atoms with van der Waals surface area (Å²) in [5.41, 5.74) is -0.806. The van der Waals surface area contributed by atoms with Gasteiger partial charge in [0, 0.05) is 32.2 Å². The molecule has 0 aromatic carbocycles. The van der Waals surface area contributed by atoms with Crippen LogP contribution in [0.5, 0.6) is 0 Å². The van der Waals surface area contributed by atoms with Gasteiger partial charge in [-0.3, -0.25) is 9.69 Å². The molecule has 2 rings (SSSR count). The third-order valence-corrected chi connectivity index (χ3v) is 4.64. The average Bonchev–Trinajstić information content (AvgIpc) is 3.28. The van der Waals surface area contributed by atoms with Crippen LogP contribution in [0.15, 0.2) is 0 Å². The summed E-state index contributed by atoms with van der Waals surface area (Å²) in [4.78, 5) is 27.5. The van der Waals surface area contributed by atoms with Crippen LogP contribution in [0.25, 0.3) is 0 Å². The summed E-state index contributed by atoms with van der Waals surface area (Å²) in [5.74, 6) is -0.814. The van der Waals surface area contributed by atoms with E-state index in [1.54, 1.807) is 11.8 Å². The lowest BCUT2D eigenvalue weighted by Gasteiger charge is -2.37. The van der Waals surface area contributed by atoms with Crippen molar-refractivity contribution in [2.45, 2.75) is 45.6 Å². The van der Waals surface area contributed by atoms with Gasteiger partial charge in [0.1, 0.15) is 0 Å². The fraction of sp³-hybridized carbons (Fsp3) is 0.867. The number of likely N-dealkylation sites (tertiary alicyclic amines) is 1. The Bertz CT molecular complexity index is 398. The highest BCUT2D eigenvalue weighted by molar-refractivity contribution is 5.78. The quantitative estimate of drug-likeness (QED) is 0.776. The zero-order valence-corrected chi connectivity index (χ0v) is 13.1. The van der Waals surface area contributed by atoms with Crippen LogP contribution in [0.2, 0.25) is 0 Å². The summed E-state index contributed by atoms with van der Waals surface area (Å²) in [6, 6.07) is 0.575. The van der Waals surface area contributed by atoms with Gasteiger partial charge in [-0.2, -0.15) is 0 Å². The van der Waals surface area contributed by atoms with Crippen molar-refractivity contribution in [3.8, 4) is 0 Å². The summed E-state index contributed by atoms with van der Waals surface area (Å²) < 4.78 is 0. The van der Waals surface area contributed by atoms with Gasteiger partial charge in [-0.05, 0) is 39.2 Å². The monoisotopic (exact) mass is 297 g/mol. The molecule has 1 atom stereocenters. The molecule has 1 aliphatic carbocycles. The Hall–Kier alpha value is -1.30. The maximum atomic E-state index is 12.2. The van der Waals surface area contributed by atoms with Gasteiger partial charge in [-0.1, -0.05) is 6.92 Å². The summed E-state index contributed by atoms with van der Waals surface area (Å²) in [7, 11) is 0. The molecular weight excluding hydrogens is 270 g/mol. The number of urea groups is 1. The van der Waals surface area contributed by atoms with E-state index in [9.17, 15) is 14.7 Å². The molecule has 2 fully saturated rings. The normalized spacial score (nSPS) is 26.0. The Morgan fingerprint density at radius 3 is 2.71 bits per heavy atom. The topological polar surface area (TPSA) is 72.9 Å². The smallest absolute Gasteiger partial charge is 0.317 e. The second-order valence-electron chi connectivity index (χ2n) is 6.48. The zero-order valence-electron chi connectivity index (χ0n) is 13.1. The molecule has 1 heterocycles. The molecule has 1 unspecified atom stereocenters. The Morgan fingerprint density at radius 2 is 2.14 bits per heavy atom. The molecule has 0 aromatic rings. The zero-order chi connectivity index (χ0) is 15.5. The van der Waals surface area contributed by atoms with Crippen molar-refractivity contribution in [1.82, 2.24) is 15.1 Å². The molecule has 1 aliphatic heterocycles. The highest BCUT2D eigenvalue weighted by atomic mass is 16.4. The predicted molar refractivity (Wildman–Crippen MR) is 80.2 cm³/mol. The lowest BCUT2D eigenvalue weighted by molar-refractivity contribution is -0.150. The molecule has 1 saturated heterocycles. The number of rotatable bonds is 6. The van der Waals surface area contributed by atoms with Crippen LogP contribution in [-0.4, -0.2) is 65.7 Å². The number of carbonyl (C=O) groups is 2. The summed E-state index contributed by atoms with van der Waals surface area (Å²) in [6.45, 7) is 7.33. The van der Waals surface area contributed by atoms with Crippen molar-refractivity contribution in [2.75, 3.05) is 32.7 Å². The van der Waals surface area contributed by atoms with Crippen LogP contribution < -0.4 is 5.32 Å². The minimum Gasteiger partial charge on any atom is -0.481 e. The van der Waals surface area contributed by atoms with E-state index in [4.69, 9.17) is 0 Å². The first-order valence-corrected chi connectivity index (χ1v) is 7.96. The van der Waals surface area contributed by atoms with E-state index in [2.05, 4.69) is 17.1 Å². The van der Waals surface area contributed by atoms with E-state index in [1.807, 2.05) is 0 Å². The molecule has 0 spiro atoms. The number of hydrogen-bond acceptors (Lipinski definition) is 3. The number of amides is 2. The highest BCUT2D eigenvalue weighted by Crippen LogP contribution is 2.29. The van der Waals surface area contributed by atoms with Gasteiger partial charge in [-0.15, -0.1) is 0 Å². The first kappa shape index (κ1) is 16.1. The fourth-order valence-electron chi connectivity index (χ4n) is 3.04. The van der Waals surface area contributed by atoms with Gasteiger partial charge < -0.3 is 15.3 Å². The number of hydrogen-bond donors (Lipinski definition) is 2. The predicted octanol–water partition coefficient (Wildman–Crippen LogP) is 1.37. The van der Waals surface area contributed by atoms with E-state index < -0.39 is 11.4 Å². The maximum absolute atomic E-state index is 12.2. The molecule has 1 saturated carbocycles. The van der Waals surface area contributed by atoms with Gasteiger partial charge in [0.2, 0.25) is 0 Å². The van der Waals surface area contributed by atoms with Gasteiger partial charge >= 0.3 is 12.0 Å². The minimum absolute atomic E-state index is 0.131. The number of piperidine rings is 1. The van der Waals surface area contributed by atoms with Gasteiger partial charge in [0.15, 0.2) is 0 Å². The molecule has 6 nitrogen and oxygen atoms in total. The number of carboxylic acids is 1. The first-order chi connectivity index (χ1) is 9.96. The number of nitrogens with one attached hydrogen (secondary N) is 1. The van der Waals surface area contributed by atoms with E-state index in [0.717, 1.165) is 19.5 Å². The van der Waals surface area contributed by atoms with Gasteiger partial charge in [0.05, 0.1) is 5.41 Å². The Kier molecular flexibility index (Phi) is 5.08. The molecule has 0 radical (unpaired) electrons. The number of nitrogens with zero attached hydrogens (tertiary/aromatic N) is 2. The number of carbonyl (C=O) groups excluding carboxylic acids is 1. The molecule has 0 aromatic heterocycles. The minimum atomic E-state index is -0.814. The number of likely N-dealkylation sites (N-methyl/N-ethyl adjacent to an activating group) is 1. The lowest BCUT2D eigenvalue weighted by atomic mass is 9.82. The standard InChI is InChI=1S/C15H27N3O3/c1-3-17(12-5-6-12)10-8-16-14(21)18-9-4-7-15(2,11-18)13(19)20/h12H,3-11H2,1-2H3,(H,16,21)(H,19,20). The second kappa shape index (κ2) is 6.64. The van der Waals surface area contributed by atoms with E-state index >= 15 is 0 Å². The summed E-state index contributed by atoms with van der Waals surface area (Å²) in [5, 5.41) is 12.2. The van der Waals surface area contributed by atoms with Crippen molar-refractivity contribution >= 4 is 12.0 Å². The lowest BCUT2D eigenvalue weighted by Crippen LogP contribution is -2.52. The third-order valence-electron chi connectivity index (χ3n) is 4.64. The third kappa shape index (κ3) is 4.09. The van der Waals surface area contributed by atoms with Crippen LogP contribution in [0.4, 0.5) is 4.79 Å². The van der Waals surface area contributed by atoms with Gasteiger partial charge in [0.25, 0.3) is 0 Å². The van der Waals surface area contributed by atoms with Crippen LogP contribution in [0.3, 0.4) is 0 Å². The fourth-order valence-corrected chi connectivity index (χ4v) is 3.04. The number of carboxylic acid groups (broad SMARTS) is 1. The second-order valence-corrected chi connectivity index (χ2v) is 6.48. The van der Waals surface area contributed by atoms with Crippen molar-refractivity contribution < 1.29 is 14.7 Å². The first-order valence-electron chi connectivity index (χ1n) is 7.96. The molecule has 2 amide bonds. The number of aliphatic carboxylic acids is 1. The summed E-state index contributed by atoms with van der Waals surface area (Å²) in [6.07, 6.45) is 3.92. The maximum Gasteiger partial charge on any atom is 0.317 e. The molecule has 2 N–H and O–H groups in total. The molecule has 2 aliphatic rings. The van der Waals surface area contributed by atoms with Crippen molar-refractivity contribution in [2.24, 2.45) is 5.41 Å².